The summed E-state index contributed by atoms with van der Waals surface area (Å²) in [4.78, 5) is 5.92. The van der Waals surface area contributed by atoms with E-state index in [4.69, 9.17) is 4.84 Å². The summed E-state index contributed by atoms with van der Waals surface area (Å²) in [6.45, 7) is 10.5. The van der Waals surface area contributed by atoms with Gasteiger partial charge in [0.1, 0.15) is 5.54 Å². The predicted octanol–water partition coefficient (Wildman–Crippen LogP) is 7.10. The summed E-state index contributed by atoms with van der Waals surface area (Å²) in [6, 6.07) is 0. The van der Waals surface area contributed by atoms with Crippen LogP contribution in [0.25, 0.3) is 0 Å². The van der Waals surface area contributed by atoms with E-state index in [0.717, 1.165) is 21.3 Å². The second-order valence-electron chi connectivity index (χ2n) is 9.52. The maximum atomic E-state index is 5.92. The van der Waals surface area contributed by atoms with Gasteiger partial charge in [-0.1, -0.05) is 104 Å². The van der Waals surface area contributed by atoms with E-state index in [2.05, 4.69) is 27.7 Å². The van der Waals surface area contributed by atoms with E-state index in [1.54, 1.807) is 0 Å². The fourth-order valence-electron chi connectivity index (χ4n) is 4.23. The van der Waals surface area contributed by atoms with Crippen LogP contribution in [0.4, 0.5) is 0 Å². The van der Waals surface area contributed by atoms with Crippen molar-refractivity contribution in [3.63, 3.8) is 0 Å². The first-order chi connectivity index (χ1) is 12.9. The molecule has 1 unspecified atom stereocenters. The van der Waals surface area contributed by atoms with Crippen LogP contribution >= 0.6 is 0 Å². The molecule has 0 aromatic heterocycles. The highest BCUT2D eigenvalue weighted by molar-refractivity contribution is 5.97. The summed E-state index contributed by atoms with van der Waals surface area (Å²) < 4.78 is 0.877. The molecule has 0 aromatic carbocycles. The Morgan fingerprint density at radius 3 is 1.33 bits per heavy atom. The fourth-order valence-corrected chi connectivity index (χ4v) is 4.90. The highest BCUT2D eigenvalue weighted by atomic mass is 28.2. The third-order valence-electron chi connectivity index (χ3n) is 6.73. The number of rotatable bonds is 20. The molecule has 0 radical (unpaired) electrons. The number of nitrogens with zero attached hydrogens (tertiary/aromatic N) is 1. The summed E-state index contributed by atoms with van der Waals surface area (Å²) in [5, 5.41) is 0. The summed E-state index contributed by atoms with van der Waals surface area (Å²) in [7, 11) is 2.97. The smallest absolute Gasteiger partial charge is 0.238 e. The Morgan fingerprint density at radius 1 is 0.630 bits per heavy atom. The maximum Gasteiger partial charge on any atom is 0.271 e. The fraction of sp³-hybridized carbons (Fsp3) is 1.00. The Labute approximate surface area is 175 Å². The van der Waals surface area contributed by atoms with E-state index < -0.39 is 0 Å². The number of hydrogen-bond donors (Lipinski definition) is 0. The van der Waals surface area contributed by atoms with Crippen LogP contribution in [-0.4, -0.2) is 33.9 Å². The molecule has 0 heterocycles. The quantitative estimate of drug-likeness (QED) is 0.120. The summed E-state index contributed by atoms with van der Waals surface area (Å²) in [5.74, 6) is 0. The maximum absolute atomic E-state index is 5.92. The lowest BCUT2D eigenvalue weighted by atomic mass is 9.95. The van der Waals surface area contributed by atoms with Gasteiger partial charge in [-0.3, -0.25) is 0 Å². The minimum Gasteiger partial charge on any atom is -0.238 e. The van der Waals surface area contributed by atoms with Crippen molar-refractivity contribution in [3.05, 3.63) is 0 Å². The van der Waals surface area contributed by atoms with Gasteiger partial charge >= 0.3 is 0 Å². The van der Waals surface area contributed by atoms with E-state index >= 15 is 0 Å². The molecule has 0 spiro atoms. The number of hydroxylamine groups is 2. The van der Waals surface area contributed by atoms with Gasteiger partial charge in [-0.05, 0) is 26.7 Å². The van der Waals surface area contributed by atoms with Gasteiger partial charge in [0, 0.05) is 6.42 Å². The zero-order valence-corrected chi connectivity index (χ0v) is 22.1. The van der Waals surface area contributed by atoms with Crippen molar-refractivity contribution < 1.29 is 9.15 Å². The highest BCUT2D eigenvalue weighted by Gasteiger charge is 2.39. The van der Waals surface area contributed by atoms with Crippen LogP contribution in [0.15, 0.2) is 0 Å². The van der Waals surface area contributed by atoms with Crippen LogP contribution in [0, 0.1) is 0 Å². The van der Waals surface area contributed by atoms with Gasteiger partial charge in [-0.25, -0.2) is 9.15 Å². The number of quaternary nitrogens is 1. The van der Waals surface area contributed by atoms with E-state index in [1.807, 2.05) is 7.11 Å². The molecule has 0 bridgehead atoms. The molecular weight excluding hydrogens is 346 g/mol. The molecule has 0 fully saturated rings. The lowest BCUT2D eigenvalue weighted by Crippen LogP contribution is -2.59. The monoisotopic (exact) mass is 400 g/mol. The zero-order chi connectivity index (χ0) is 20.4. The van der Waals surface area contributed by atoms with Crippen LogP contribution in [0.2, 0.25) is 0 Å². The minimum atomic E-state index is 0.271. The molecule has 2 nitrogen and oxygen atoms in total. The highest BCUT2D eigenvalue weighted by Crippen LogP contribution is 2.28. The lowest BCUT2D eigenvalue weighted by molar-refractivity contribution is -1.05. The Kier molecular flexibility index (Phi) is 17.1. The second-order valence-corrected chi connectivity index (χ2v) is 11.0. The van der Waals surface area contributed by atoms with Crippen LogP contribution in [0.1, 0.15) is 137 Å². The summed E-state index contributed by atoms with van der Waals surface area (Å²) in [5.41, 5.74) is 0.271. The topological polar surface area (TPSA) is 9.23 Å². The van der Waals surface area contributed by atoms with E-state index in [9.17, 15) is 0 Å². The largest absolute Gasteiger partial charge is 0.271 e. The molecule has 27 heavy (non-hydrogen) atoms. The average Bonchev–Trinajstić information content (AvgIpc) is 2.64. The molecule has 0 aliphatic heterocycles. The molecule has 1 atom stereocenters. The van der Waals surface area contributed by atoms with Gasteiger partial charge < -0.3 is 0 Å². The molecule has 0 aliphatic carbocycles. The molecule has 0 saturated heterocycles. The summed E-state index contributed by atoms with van der Waals surface area (Å²) in [6.07, 6.45) is 24.1. The third kappa shape index (κ3) is 13.1. The second kappa shape index (κ2) is 17.0. The Hall–Kier alpha value is 0.137. The molecule has 3 heteroatoms. The molecule has 0 N–H and O–H groups in total. The Bertz CT molecular complexity index is 322. The Morgan fingerprint density at radius 2 is 1.00 bits per heavy atom. The standard InChI is InChI=1S/C24H54NOSi/c1-6-8-9-10-11-12-13-14-15-16-17-18-19-20-21-22-24(3,4)25(27,26-5)23-7-2/h6-23H2,1-5,27H3/q+1. The van der Waals surface area contributed by atoms with Gasteiger partial charge in [0.25, 0.3) is 10.4 Å². The summed E-state index contributed by atoms with van der Waals surface area (Å²) >= 11 is 0. The molecule has 0 rings (SSSR count). The Balaban J connectivity index is 3.49. The lowest BCUT2D eigenvalue weighted by Gasteiger charge is -2.45. The van der Waals surface area contributed by atoms with Crippen LogP contribution in [0.5, 0.6) is 0 Å². The first-order valence-corrected chi connectivity index (χ1v) is 13.2. The van der Waals surface area contributed by atoms with Crippen molar-refractivity contribution in [2.45, 2.75) is 142 Å². The first-order valence-electron chi connectivity index (χ1n) is 12.3. The molecule has 0 aromatic rings. The molecule has 0 saturated carbocycles. The van der Waals surface area contributed by atoms with Crippen molar-refractivity contribution in [2.75, 3.05) is 13.7 Å². The average molecular weight is 401 g/mol. The van der Waals surface area contributed by atoms with Crippen molar-refractivity contribution in [2.24, 2.45) is 0 Å². The van der Waals surface area contributed by atoms with E-state index in [1.165, 1.54) is 109 Å². The molecule has 164 valence electrons. The molecule has 0 amide bonds. The van der Waals surface area contributed by atoms with Crippen LogP contribution in [0.3, 0.4) is 0 Å². The van der Waals surface area contributed by atoms with Gasteiger partial charge in [-0.15, -0.1) is 0 Å². The van der Waals surface area contributed by atoms with Gasteiger partial charge in [0.2, 0.25) is 0 Å². The number of unbranched alkanes of at least 4 members (excludes halogenated alkanes) is 14. The van der Waals surface area contributed by atoms with Crippen LogP contribution < -0.4 is 0 Å². The zero-order valence-electron chi connectivity index (χ0n) is 20.1. The van der Waals surface area contributed by atoms with E-state index in [-0.39, 0.29) is 5.54 Å². The van der Waals surface area contributed by atoms with Gasteiger partial charge in [-0.2, -0.15) is 0 Å². The van der Waals surface area contributed by atoms with Crippen molar-refractivity contribution in [3.8, 4) is 0 Å². The molecule has 0 aliphatic rings. The third-order valence-corrected chi connectivity index (χ3v) is 8.75. The SMILES string of the molecule is CCCCCCCCCCCCCCCCCC(C)(C)[N+]([SiH3])(CCC)OC. The number of hydrogen-bond acceptors (Lipinski definition) is 1. The van der Waals surface area contributed by atoms with Crippen LogP contribution in [-0.2, 0) is 4.84 Å². The minimum absolute atomic E-state index is 0.271. The molecular formula is C24H54NOSi+. The van der Waals surface area contributed by atoms with E-state index in [0.29, 0.717) is 0 Å². The van der Waals surface area contributed by atoms with Gasteiger partial charge in [0.15, 0.2) is 0 Å². The predicted molar refractivity (Wildman–Crippen MR) is 126 cm³/mol. The van der Waals surface area contributed by atoms with Gasteiger partial charge in [0.05, 0.1) is 13.7 Å². The first kappa shape index (κ1) is 27.1. The van der Waals surface area contributed by atoms with Crippen molar-refractivity contribution in [1.29, 1.82) is 0 Å². The normalized spacial score (nSPS) is 14.6. The van der Waals surface area contributed by atoms with Crippen molar-refractivity contribution in [1.82, 2.24) is 0 Å². The van der Waals surface area contributed by atoms with Crippen molar-refractivity contribution >= 4 is 10.4 Å².